The smallest absolute Gasteiger partial charge is 0.343 e. The van der Waals surface area contributed by atoms with Gasteiger partial charge >= 0.3 is 5.97 Å². The number of hydrogen-bond acceptors (Lipinski definition) is 4. The Labute approximate surface area is 198 Å². The van der Waals surface area contributed by atoms with E-state index >= 15 is 0 Å². The standard InChI is InChI=1S/C29H25NO4/c31-27-25-21-8-9-22(17-21)26(25)28(32)30(27)23-12-10-20(11-13-23)29(33)34-24-14-6-19(7-15-24)16-18-4-2-1-3-5-18/h1-7,10-15,21-22,25-26H,8-9,16-17H2. The van der Waals surface area contributed by atoms with Gasteiger partial charge in [-0.25, -0.2) is 4.79 Å². The van der Waals surface area contributed by atoms with Crippen molar-refractivity contribution in [2.75, 3.05) is 4.90 Å². The second-order valence-corrected chi connectivity index (χ2v) is 9.64. The number of nitrogens with zero attached hydrogens (tertiary/aromatic N) is 1. The van der Waals surface area contributed by atoms with Crippen LogP contribution in [-0.2, 0) is 16.0 Å². The molecule has 1 heterocycles. The fourth-order valence-electron chi connectivity index (χ4n) is 6.08. The Kier molecular flexibility index (Phi) is 5.05. The Balaban J connectivity index is 1.12. The molecule has 5 nitrogen and oxygen atoms in total. The van der Waals surface area contributed by atoms with E-state index in [0.29, 0.717) is 28.8 Å². The molecule has 6 rings (SSSR count). The lowest BCUT2D eigenvalue weighted by atomic mass is 9.81. The number of carbonyl (C=O) groups excluding carboxylic acids is 3. The average Bonchev–Trinajstić information content (AvgIpc) is 3.55. The summed E-state index contributed by atoms with van der Waals surface area (Å²) in [6.07, 6.45) is 3.93. The van der Waals surface area contributed by atoms with E-state index in [1.807, 2.05) is 30.3 Å². The van der Waals surface area contributed by atoms with Gasteiger partial charge in [0.2, 0.25) is 11.8 Å². The Morgan fingerprint density at radius 2 is 1.35 bits per heavy atom. The number of amides is 2. The van der Waals surface area contributed by atoms with Crippen LogP contribution in [0, 0.1) is 23.7 Å². The number of anilines is 1. The van der Waals surface area contributed by atoms with Gasteiger partial charge in [-0.15, -0.1) is 0 Å². The van der Waals surface area contributed by atoms with E-state index in [9.17, 15) is 14.4 Å². The SMILES string of the molecule is O=C(Oc1ccc(Cc2ccccc2)cc1)c1ccc(N2C(=O)C3C4CCC(C4)C3C2=O)cc1. The monoisotopic (exact) mass is 451 g/mol. The molecule has 3 fully saturated rings. The molecule has 0 radical (unpaired) electrons. The van der Waals surface area contributed by atoms with Crippen molar-refractivity contribution in [3.05, 3.63) is 95.6 Å². The Morgan fingerprint density at radius 3 is 1.97 bits per heavy atom. The fraction of sp³-hybridized carbons (Fsp3) is 0.276. The molecule has 0 N–H and O–H groups in total. The van der Waals surface area contributed by atoms with E-state index in [1.54, 1.807) is 36.4 Å². The lowest BCUT2D eigenvalue weighted by molar-refractivity contribution is -0.123. The zero-order chi connectivity index (χ0) is 23.2. The number of rotatable bonds is 5. The first-order valence-electron chi connectivity index (χ1n) is 11.9. The molecule has 0 aromatic heterocycles. The molecule has 1 saturated heterocycles. The van der Waals surface area contributed by atoms with Gasteiger partial charge in [0.25, 0.3) is 0 Å². The van der Waals surface area contributed by atoms with Crippen molar-refractivity contribution in [1.82, 2.24) is 0 Å². The Bertz CT molecular complexity index is 1220. The number of imide groups is 1. The number of ether oxygens (including phenoxy) is 1. The van der Waals surface area contributed by atoms with Gasteiger partial charge in [-0.2, -0.15) is 0 Å². The number of carbonyl (C=O) groups is 3. The van der Waals surface area contributed by atoms with Gasteiger partial charge in [-0.05, 0) is 85.0 Å². The first-order valence-corrected chi connectivity index (χ1v) is 11.9. The molecular formula is C29H25NO4. The van der Waals surface area contributed by atoms with Crippen molar-refractivity contribution in [2.24, 2.45) is 23.7 Å². The summed E-state index contributed by atoms with van der Waals surface area (Å²) in [7, 11) is 0. The summed E-state index contributed by atoms with van der Waals surface area (Å²) >= 11 is 0. The largest absolute Gasteiger partial charge is 0.423 e. The minimum absolute atomic E-state index is 0.0758. The van der Waals surface area contributed by atoms with E-state index in [-0.39, 0.29) is 23.7 Å². The van der Waals surface area contributed by atoms with Gasteiger partial charge in [-0.3, -0.25) is 14.5 Å². The lowest BCUT2D eigenvalue weighted by Gasteiger charge is -2.19. The highest BCUT2D eigenvalue weighted by Crippen LogP contribution is 2.56. The molecular weight excluding hydrogens is 426 g/mol. The molecule has 4 atom stereocenters. The van der Waals surface area contributed by atoms with Crippen molar-refractivity contribution >= 4 is 23.5 Å². The molecule has 3 aliphatic rings. The lowest BCUT2D eigenvalue weighted by Crippen LogP contribution is -2.32. The second kappa shape index (κ2) is 8.24. The van der Waals surface area contributed by atoms with Gasteiger partial charge < -0.3 is 4.74 Å². The third kappa shape index (κ3) is 3.52. The van der Waals surface area contributed by atoms with Crippen LogP contribution in [0.1, 0.15) is 40.7 Å². The van der Waals surface area contributed by atoms with Gasteiger partial charge in [-0.1, -0.05) is 42.5 Å². The molecule has 1 aliphatic heterocycles. The first kappa shape index (κ1) is 20.8. The van der Waals surface area contributed by atoms with Crippen LogP contribution >= 0.6 is 0 Å². The molecule has 170 valence electrons. The van der Waals surface area contributed by atoms with E-state index in [2.05, 4.69) is 12.1 Å². The molecule has 0 spiro atoms. The van der Waals surface area contributed by atoms with E-state index in [1.165, 1.54) is 10.5 Å². The van der Waals surface area contributed by atoms with Crippen molar-refractivity contribution in [2.45, 2.75) is 25.7 Å². The number of fused-ring (bicyclic) bond motifs is 5. The fourth-order valence-corrected chi connectivity index (χ4v) is 6.08. The highest BCUT2D eigenvalue weighted by molar-refractivity contribution is 6.22. The number of benzene rings is 3. The number of esters is 1. The summed E-state index contributed by atoms with van der Waals surface area (Å²) in [4.78, 5) is 40.0. The average molecular weight is 452 g/mol. The Morgan fingerprint density at radius 1 is 0.765 bits per heavy atom. The van der Waals surface area contributed by atoms with Crippen molar-refractivity contribution in [1.29, 1.82) is 0 Å². The number of hydrogen-bond donors (Lipinski definition) is 0. The van der Waals surface area contributed by atoms with Crippen LogP contribution in [0.3, 0.4) is 0 Å². The van der Waals surface area contributed by atoms with Crippen LogP contribution in [0.2, 0.25) is 0 Å². The van der Waals surface area contributed by atoms with E-state index < -0.39 is 5.97 Å². The zero-order valence-corrected chi connectivity index (χ0v) is 18.7. The van der Waals surface area contributed by atoms with Gasteiger partial charge in [0.05, 0.1) is 23.1 Å². The summed E-state index contributed by atoms with van der Waals surface area (Å²) in [5, 5.41) is 0. The van der Waals surface area contributed by atoms with Crippen LogP contribution in [0.5, 0.6) is 5.75 Å². The van der Waals surface area contributed by atoms with Crippen molar-refractivity contribution < 1.29 is 19.1 Å². The summed E-state index contributed by atoms with van der Waals surface area (Å²) in [5.41, 5.74) is 3.26. The molecule has 2 aliphatic carbocycles. The van der Waals surface area contributed by atoms with Gasteiger partial charge in [0.15, 0.2) is 0 Å². The maximum atomic E-state index is 13.0. The summed E-state index contributed by atoms with van der Waals surface area (Å²) in [5.74, 6) is 0.243. The first-order chi connectivity index (χ1) is 16.6. The molecule has 2 bridgehead atoms. The maximum absolute atomic E-state index is 13.0. The zero-order valence-electron chi connectivity index (χ0n) is 18.7. The van der Waals surface area contributed by atoms with Crippen molar-refractivity contribution in [3.63, 3.8) is 0 Å². The van der Waals surface area contributed by atoms with Crippen molar-refractivity contribution in [3.8, 4) is 5.75 Å². The topological polar surface area (TPSA) is 63.7 Å². The maximum Gasteiger partial charge on any atom is 0.343 e. The van der Waals surface area contributed by atoms with Crippen LogP contribution in [-0.4, -0.2) is 17.8 Å². The molecule has 4 unspecified atom stereocenters. The predicted molar refractivity (Wildman–Crippen MR) is 127 cm³/mol. The highest BCUT2D eigenvalue weighted by atomic mass is 16.5. The molecule has 34 heavy (non-hydrogen) atoms. The molecule has 3 aromatic rings. The third-order valence-corrected chi connectivity index (χ3v) is 7.67. The minimum atomic E-state index is -0.476. The highest BCUT2D eigenvalue weighted by Gasteiger charge is 2.61. The van der Waals surface area contributed by atoms with Crippen LogP contribution in [0.4, 0.5) is 5.69 Å². The van der Waals surface area contributed by atoms with Crippen LogP contribution in [0.25, 0.3) is 0 Å². The molecule has 3 aromatic carbocycles. The summed E-state index contributed by atoms with van der Waals surface area (Å²) in [6, 6.07) is 24.2. The van der Waals surface area contributed by atoms with Gasteiger partial charge in [0, 0.05) is 0 Å². The van der Waals surface area contributed by atoms with Crippen LogP contribution in [0.15, 0.2) is 78.9 Å². The predicted octanol–water partition coefficient (Wildman–Crippen LogP) is 5.03. The van der Waals surface area contributed by atoms with Gasteiger partial charge in [0.1, 0.15) is 5.75 Å². The molecule has 5 heteroatoms. The third-order valence-electron chi connectivity index (χ3n) is 7.67. The summed E-state index contributed by atoms with van der Waals surface area (Å²) in [6.45, 7) is 0. The van der Waals surface area contributed by atoms with E-state index in [0.717, 1.165) is 31.2 Å². The van der Waals surface area contributed by atoms with Crippen LogP contribution < -0.4 is 9.64 Å². The minimum Gasteiger partial charge on any atom is -0.423 e. The summed E-state index contributed by atoms with van der Waals surface area (Å²) < 4.78 is 5.52. The molecule has 2 amide bonds. The Hall–Kier alpha value is -3.73. The normalized spacial score (nSPS) is 25.0. The molecule has 2 saturated carbocycles. The van der Waals surface area contributed by atoms with E-state index in [4.69, 9.17) is 4.74 Å². The quantitative estimate of drug-likeness (QED) is 0.310. The second-order valence-electron chi connectivity index (χ2n) is 9.64.